The van der Waals surface area contributed by atoms with E-state index in [1.807, 2.05) is 0 Å². The quantitative estimate of drug-likeness (QED) is 0.730. The van der Waals surface area contributed by atoms with Crippen LogP contribution in [-0.4, -0.2) is 31.0 Å². The fourth-order valence-corrected chi connectivity index (χ4v) is 3.92. The lowest BCUT2D eigenvalue weighted by atomic mass is 9.91. The molecule has 0 bridgehead atoms. The van der Waals surface area contributed by atoms with Crippen molar-refractivity contribution in [3.8, 4) is 5.75 Å². The van der Waals surface area contributed by atoms with E-state index in [0.29, 0.717) is 41.6 Å². The molecule has 1 fully saturated rings. The Morgan fingerprint density at radius 3 is 2.54 bits per heavy atom. The van der Waals surface area contributed by atoms with Crippen LogP contribution < -0.4 is 10.4 Å². The molecule has 1 amide bonds. The Balaban J connectivity index is 2.05. The molecule has 0 saturated carbocycles. The summed E-state index contributed by atoms with van der Waals surface area (Å²) in [6.45, 7) is 5.59. The molecule has 6 heteroatoms. The van der Waals surface area contributed by atoms with Crippen molar-refractivity contribution in [3.63, 3.8) is 0 Å². The van der Waals surface area contributed by atoms with E-state index < -0.39 is 5.63 Å². The molecule has 1 aromatic heterocycles. The Bertz CT molecular complexity index is 835. The number of likely N-dealkylation sites (tertiary alicyclic amines) is 1. The molecular formula is C18H20BrNO4. The summed E-state index contributed by atoms with van der Waals surface area (Å²) in [6, 6.07) is 5.13. The van der Waals surface area contributed by atoms with Gasteiger partial charge >= 0.3 is 5.63 Å². The zero-order valence-electron chi connectivity index (χ0n) is 14.0. The largest absolute Gasteiger partial charge is 0.493 e. The van der Waals surface area contributed by atoms with E-state index in [9.17, 15) is 9.59 Å². The number of halogens is 1. The second-order valence-electron chi connectivity index (χ2n) is 6.63. The van der Waals surface area contributed by atoms with Crippen LogP contribution >= 0.6 is 15.9 Å². The third kappa shape index (κ3) is 3.20. The molecule has 2 aromatic rings. The second kappa shape index (κ2) is 6.59. The molecular weight excluding hydrogens is 374 g/mol. The van der Waals surface area contributed by atoms with Gasteiger partial charge in [-0.25, -0.2) is 4.79 Å². The molecule has 128 valence electrons. The summed E-state index contributed by atoms with van der Waals surface area (Å²) in [6.07, 6.45) is 1.10. The minimum Gasteiger partial charge on any atom is -0.493 e. The van der Waals surface area contributed by atoms with Crippen molar-refractivity contribution < 1.29 is 13.9 Å². The van der Waals surface area contributed by atoms with Gasteiger partial charge in [-0.1, -0.05) is 29.8 Å². The lowest BCUT2D eigenvalue weighted by Gasteiger charge is -2.34. The zero-order valence-corrected chi connectivity index (χ0v) is 15.6. The number of hydrogen-bond acceptors (Lipinski definition) is 4. The fraction of sp³-hybridized carbons (Fsp3) is 0.444. The van der Waals surface area contributed by atoms with E-state index in [2.05, 4.69) is 29.8 Å². The summed E-state index contributed by atoms with van der Waals surface area (Å²) >= 11 is 3.40. The molecule has 3 rings (SSSR count). The third-order valence-electron chi connectivity index (χ3n) is 4.37. The van der Waals surface area contributed by atoms with Crippen molar-refractivity contribution in [2.45, 2.75) is 20.3 Å². The standard InChI is InChI=1S/C18H20BrNO4/c1-10-4-11(2)9-20(8-10)17(21)14-6-12-5-13(19)7-15(23-3)16(12)24-18(14)22/h5-7,10-11H,4,8-9H2,1-3H3/t10-,11+. The normalized spacial score (nSPS) is 21.1. The molecule has 0 radical (unpaired) electrons. The van der Waals surface area contributed by atoms with Gasteiger partial charge in [0.1, 0.15) is 5.56 Å². The molecule has 0 aliphatic carbocycles. The number of amides is 1. The lowest BCUT2D eigenvalue weighted by Crippen LogP contribution is -2.43. The predicted molar refractivity (Wildman–Crippen MR) is 95.6 cm³/mol. The van der Waals surface area contributed by atoms with Gasteiger partial charge in [0.15, 0.2) is 11.3 Å². The highest BCUT2D eigenvalue weighted by Gasteiger charge is 2.28. The summed E-state index contributed by atoms with van der Waals surface area (Å²) < 4.78 is 11.4. The summed E-state index contributed by atoms with van der Waals surface area (Å²) in [5.41, 5.74) is -0.203. The average molecular weight is 394 g/mol. The van der Waals surface area contributed by atoms with Crippen LogP contribution in [0.3, 0.4) is 0 Å². The summed E-state index contributed by atoms with van der Waals surface area (Å²) in [7, 11) is 1.51. The van der Waals surface area contributed by atoms with Crippen LogP contribution in [0.2, 0.25) is 0 Å². The average Bonchev–Trinajstić information content (AvgIpc) is 2.52. The van der Waals surface area contributed by atoms with Gasteiger partial charge in [-0.3, -0.25) is 4.79 Å². The first-order valence-electron chi connectivity index (χ1n) is 7.99. The van der Waals surface area contributed by atoms with Gasteiger partial charge in [0.25, 0.3) is 5.91 Å². The molecule has 0 spiro atoms. The smallest absolute Gasteiger partial charge is 0.349 e. The molecule has 5 nitrogen and oxygen atoms in total. The van der Waals surface area contributed by atoms with Crippen LogP contribution in [0.1, 0.15) is 30.6 Å². The van der Waals surface area contributed by atoms with Gasteiger partial charge in [-0.05, 0) is 36.5 Å². The van der Waals surface area contributed by atoms with Crippen LogP contribution in [0, 0.1) is 11.8 Å². The molecule has 0 N–H and O–H groups in total. The SMILES string of the molecule is COc1cc(Br)cc2cc(C(=O)N3C[C@H](C)C[C@H](C)C3)c(=O)oc12. The van der Waals surface area contributed by atoms with Gasteiger partial charge in [0.2, 0.25) is 0 Å². The van der Waals surface area contributed by atoms with Crippen LogP contribution in [0.25, 0.3) is 11.0 Å². The molecule has 24 heavy (non-hydrogen) atoms. The van der Waals surface area contributed by atoms with Crippen LogP contribution in [0.4, 0.5) is 0 Å². The maximum atomic E-state index is 12.8. The molecule has 0 unspecified atom stereocenters. The number of piperidine rings is 1. The van der Waals surface area contributed by atoms with Gasteiger partial charge < -0.3 is 14.1 Å². The van der Waals surface area contributed by atoms with Crippen molar-refractivity contribution in [1.82, 2.24) is 4.90 Å². The first-order valence-corrected chi connectivity index (χ1v) is 8.79. The number of hydrogen-bond donors (Lipinski definition) is 0. The lowest BCUT2D eigenvalue weighted by molar-refractivity contribution is 0.0619. The molecule has 1 aromatic carbocycles. The van der Waals surface area contributed by atoms with Crippen LogP contribution in [0.15, 0.2) is 31.9 Å². The number of carbonyl (C=O) groups excluding carboxylic acids is 1. The number of carbonyl (C=O) groups is 1. The van der Waals surface area contributed by atoms with Crippen molar-refractivity contribution in [1.29, 1.82) is 0 Å². The summed E-state index contributed by atoms with van der Waals surface area (Å²) in [5.74, 6) is 1.05. The molecule has 1 aliphatic heterocycles. The Hall–Kier alpha value is -1.82. The van der Waals surface area contributed by atoms with E-state index in [-0.39, 0.29) is 11.5 Å². The Labute approximate surface area is 148 Å². The van der Waals surface area contributed by atoms with E-state index in [4.69, 9.17) is 9.15 Å². The topological polar surface area (TPSA) is 59.8 Å². The first-order chi connectivity index (χ1) is 11.4. The van der Waals surface area contributed by atoms with E-state index in [1.165, 1.54) is 7.11 Å². The van der Waals surface area contributed by atoms with E-state index >= 15 is 0 Å². The zero-order chi connectivity index (χ0) is 17.4. The minimum absolute atomic E-state index is 0.0731. The van der Waals surface area contributed by atoms with Gasteiger partial charge in [-0.15, -0.1) is 0 Å². The highest BCUT2D eigenvalue weighted by molar-refractivity contribution is 9.10. The number of rotatable bonds is 2. The maximum absolute atomic E-state index is 12.8. The Morgan fingerprint density at radius 2 is 1.92 bits per heavy atom. The van der Waals surface area contributed by atoms with Gasteiger partial charge in [0, 0.05) is 22.9 Å². The summed E-state index contributed by atoms with van der Waals surface area (Å²) in [5, 5.41) is 0.655. The first kappa shape index (κ1) is 17.0. The Morgan fingerprint density at radius 1 is 1.25 bits per heavy atom. The maximum Gasteiger partial charge on any atom is 0.349 e. The number of methoxy groups -OCH3 is 1. The van der Waals surface area contributed by atoms with Crippen LogP contribution in [-0.2, 0) is 0 Å². The third-order valence-corrected chi connectivity index (χ3v) is 4.83. The van der Waals surface area contributed by atoms with Crippen molar-refractivity contribution >= 4 is 32.8 Å². The highest BCUT2D eigenvalue weighted by Crippen LogP contribution is 2.30. The van der Waals surface area contributed by atoms with Crippen molar-refractivity contribution in [2.24, 2.45) is 11.8 Å². The number of nitrogens with zero attached hydrogens (tertiary/aromatic N) is 1. The predicted octanol–water partition coefficient (Wildman–Crippen LogP) is 3.68. The van der Waals surface area contributed by atoms with Crippen molar-refractivity contribution in [3.05, 3.63) is 38.7 Å². The van der Waals surface area contributed by atoms with Gasteiger partial charge in [-0.2, -0.15) is 0 Å². The number of benzene rings is 1. The monoisotopic (exact) mass is 393 g/mol. The highest BCUT2D eigenvalue weighted by atomic mass is 79.9. The number of ether oxygens (including phenoxy) is 1. The second-order valence-corrected chi connectivity index (χ2v) is 7.55. The molecule has 2 atom stereocenters. The van der Waals surface area contributed by atoms with E-state index in [1.54, 1.807) is 23.1 Å². The molecule has 2 heterocycles. The Kier molecular flexibility index (Phi) is 4.67. The van der Waals surface area contributed by atoms with Crippen LogP contribution in [0.5, 0.6) is 5.75 Å². The molecule has 1 saturated heterocycles. The minimum atomic E-state index is -0.626. The van der Waals surface area contributed by atoms with Crippen molar-refractivity contribution in [2.75, 3.05) is 20.2 Å². The summed E-state index contributed by atoms with van der Waals surface area (Å²) in [4.78, 5) is 26.9. The van der Waals surface area contributed by atoms with E-state index in [0.717, 1.165) is 10.9 Å². The molecule has 1 aliphatic rings. The number of fused-ring (bicyclic) bond motifs is 1. The fourth-order valence-electron chi connectivity index (χ4n) is 3.47. The van der Waals surface area contributed by atoms with Gasteiger partial charge in [0.05, 0.1) is 7.11 Å².